The van der Waals surface area contributed by atoms with E-state index < -0.39 is 110 Å². The number of rotatable bonds is 15. The molecule has 47 heavy (non-hydrogen) atoms. The Balaban J connectivity index is 2.58. The summed E-state index contributed by atoms with van der Waals surface area (Å²) in [5, 5.41) is 33.4. The van der Waals surface area contributed by atoms with Gasteiger partial charge in [0.15, 0.2) is 18.3 Å². The molecular weight excluding hydrogens is 628 g/mol. The third-order valence-corrected chi connectivity index (χ3v) is 7.60. The van der Waals surface area contributed by atoms with E-state index in [4.69, 9.17) is 37.9 Å². The van der Waals surface area contributed by atoms with Gasteiger partial charge in [-0.2, -0.15) is 0 Å². The van der Waals surface area contributed by atoms with Crippen molar-refractivity contribution in [2.75, 3.05) is 19.8 Å². The third-order valence-electron chi connectivity index (χ3n) is 7.60. The van der Waals surface area contributed by atoms with E-state index in [1.54, 1.807) is 34.6 Å². The molecule has 0 spiro atoms. The van der Waals surface area contributed by atoms with Gasteiger partial charge in [0.05, 0.1) is 5.92 Å². The van der Waals surface area contributed by atoms with Gasteiger partial charge >= 0.3 is 29.8 Å². The molecule has 2 rings (SSSR count). The van der Waals surface area contributed by atoms with Crippen molar-refractivity contribution >= 4 is 29.8 Å². The number of hydrogen-bond acceptors (Lipinski definition) is 16. The lowest BCUT2D eigenvalue weighted by molar-refractivity contribution is -0.384. The molecule has 268 valence electrons. The zero-order valence-electron chi connectivity index (χ0n) is 28.0. The molecule has 2 saturated heterocycles. The predicted molar refractivity (Wildman–Crippen MR) is 158 cm³/mol. The van der Waals surface area contributed by atoms with E-state index >= 15 is 0 Å². The average Bonchev–Trinajstić information content (AvgIpc) is 3.25. The molecular formula is C31H48O16. The van der Waals surface area contributed by atoms with Gasteiger partial charge in [-0.3, -0.25) is 19.2 Å². The van der Waals surface area contributed by atoms with Gasteiger partial charge in [-0.05, 0) is 26.2 Å². The van der Waals surface area contributed by atoms with Crippen molar-refractivity contribution in [3.05, 3.63) is 11.6 Å². The Hall–Kier alpha value is -3.15. The molecule has 16 nitrogen and oxygen atoms in total. The lowest BCUT2D eigenvalue weighted by Crippen LogP contribution is -2.64. The van der Waals surface area contributed by atoms with Crippen LogP contribution < -0.4 is 0 Å². The summed E-state index contributed by atoms with van der Waals surface area (Å²) in [5.41, 5.74) is 0.125. The first-order valence-corrected chi connectivity index (χ1v) is 15.5. The van der Waals surface area contributed by atoms with Crippen molar-refractivity contribution in [2.45, 2.75) is 123 Å². The molecule has 10 atom stereocenters. The van der Waals surface area contributed by atoms with E-state index in [1.807, 2.05) is 0 Å². The number of aliphatic hydroxyl groups is 3. The van der Waals surface area contributed by atoms with Gasteiger partial charge < -0.3 is 53.2 Å². The van der Waals surface area contributed by atoms with Crippen LogP contribution in [0.3, 0.4) is 0 Å². The molecule has 0 aromatic rings. The van der Waals surface area contributed by atoms with Gasteiger partial charge in [-0.25, -0.2) is 4.79 Å². The Morgan fingerprint density at radius 2 is 1.49 bits per heavy atom. The summed E-state index contributed by atoms with van der Waals surface area (Å²) in [6.45, 7) is 10.2. The monoisotopic (exact) mass is 676 g/mol. The third kappa shape index (κ3) is 10.9. The van der Waals surface area contributed by atoms with Gasteiger partial charge in [-0.15, -0.1) is 0 Å². The second-order valence-electron chi connectivity index (χ2n) is 12.0. The molecule has 0 aliphatic carbocycles. The van der Waals surface area contributed by atoms with Gasteiger partial charge in [0.2, 0.25) is 12.1 Å². The quantitative estimate of drug-likeness (QED) is 0.122. The van der Waals surface area contributed by atoms with Crippen LogP contribution in [0.5, 0.6) is 0 Å². The standard InChI is InChI=1S/C31H48O16/c1-9-16(5)28(38)41-13-21-25(43-19(8)33)27(37)31(46-21,14-42-22(34)11-15(3)4)47-30-26(45-29(39)17(6)10-2)24(36)23(35)20(44-30)12-40-18(7)32/h10,15-16,20-21,23-27,30,35-37H,9,11-14H2,1-8H3. The molecule has 2 heterocycles. The lowest BCUT2D eigenvalue weighted by atomic mass is 9.98. The summed E-state index contributed by atoms with van der Waals surface area (Å²) in [4.78, 5) is 61.4. The van der Waals surface area contributed by atoms with Crippen LogP contribution in [-0.4, -0.2) is 120 Å². The summed E-state index contributed by atoms with van der Waals surface area (Å²) in [6, 6.07) is 0. The fourth-order valence-electron chi connectivity index (χ4n) is 4.60. The normalized spacial score (nSPS) is 31.5. The van der Waals surface area contributed by atoms with Gasteiger partial charge in [0, 0.05) is 25.8 Å². The highest BCUT2D eigenvalue weighted by Crippen LogP contribution is 2.39. The molecule has 16 heteroatoms. The number of allylic oxidation sites excluding steroid dienone is 1. The number of carbonyl (C=O) groups excluding carboxylic acids is 5. The van der Waals surface area contributed by atoms with E-state index in [2.05, 4.69) is 0 Å². The van der Waals surface area contributed by atoms with Crippen LogP contribution >= 0.6 is 0 Å². The highest BCUT2D eigenvalue weighted by molar-refractivity contribution is 5.87. The highest BCUT2D eigenvalue weighted by Gasteiger charge is 2.62. The summed E-state index contributed by atoms with van der Waals surface area (Å²) in [7, 11) is 0. The lowest BCUT2D eigenvalue weighted by Gasteiger charge is -2.44. The van der Waals surface area contributed by atoms with Crippen LogP contribution in [0.2, 0.25) is 0 Å². The summed E-state index contributed by atoms with van der Waals surface area (Å²) >= 11 is 0. The fourth-order valence-corrected chi connectivity index (χ4v) is 4.60. The molecule has 3 N–H and O–H groups in total. The first kappa shape index (κ1) is 40.0. The van der Waals surface area contributed by atoms with Crippen LogP contribution in [0.4, 0.5) is 0 Å². The SMILES string of the molecule is CC=C(C)C(=O)OC1C(OC2(COC(=O)CC(C)C)OC(COC(=O)C(C)CC)C(OC(C)=O)C2O)OC(COC(C)=O)C(O)C1O. The maximum Gasteiger partial charge on any atom is 0.333 e. The summed E-state index contributed by atoms with van der Waals surface area (Å²) < 4.78 is 44.4. The van der Waals surface area contributed by atoms with Crippen molar-refractivity contribution in [1.82, 2.24) is 0 Å². The van der Waals surface area contributed by atoms with Crippen LogP contribution in [0, 0.1) is 11.8 Å². The number of aliphatic hydroxyl groups excluding tert-OH is 3. The zero-order valence-corrected chi connectivity index (χ0v) is 28.0. The fraction of sp³-hybridized carbons (Fsp3) is 0.774. The maximum absolute atomic E-state index is 12.8. The minimum Gasteiger partial charge on any atom is -0.463 e. The second-order valence-corrected chi connectivity index (χ2v) is 12.0. The largest absolute Gasteiger partial charge is 0.463 e. The average molecular weight is 677 g/mol. The number of carbonyl (C=O) groups is 5. The van der Waals surface area contributed by atoms with Crippen molar-refractivity contribution in [3.8, 4) is 0 Å². The predicted octanol–water partition coefficient (Wildman–Crippen LogP) is 0.457. The van der Waals surface area contributed by atoms with Gasteiger partial charge in [-0.1, -0.05) is 33.8 Å². The summed E-state index contributed by atoms with van der Waals surface area (Å²) in [6.07, 6.45) is -11.7. The molecule has 2 fully saturated rings. The Kier molecular flexibility index (Phi) is 15.2. The molecule has 0 bridgehead atoms. The topological polar surface area (TPSA) is 220 Å². The Labute approximate surface area is 273 Å². The van der Waals surface area contributed by atoms with Crippen LogP contribution in [0.1, 0.15) is 68.2 Å². The molecule has 0 aromatic carbocycles. The molecule has 10 unspecified atom stereocenters. The van der Waals surface area contributed by atoms with Crippen molar-refractivity contribution in [1.29, 1.82) is 0 Å². The second kappa shape index (κ2) is 17.8. The Morgan fingerprint density at radius 1 is 0.851 bits per heavy atom. The number of esters is 5. The molecule has 2 aliphatic rings. The molecule has 2 aliphatic heterocycles. The van der Waals surface area contributed by atoms with Crippen molar-refractivity contribution < 1.29 is 77.2 Å². The first-order valence-electron chi connectivity index (χ1n) is 15.5. The van der Waals surface area contributed by atoms with E-state index in [9.17, 15) is 39.3 Å². The molecule has 0 radical (unpaired) electrons. The van der Waals surface area contributed by atoms with Crippen LogP contribution in [0.15, 0.2) is 11.6 Å². The molecule has 0 aromatic heterocycles. The van der Waals surface area contributed by atoms with Gasteiger partial charge in [0.25, 0.3) is 0 Å². The van der Waals surface area contributed by atoms with Crippen LogP contribution in [-0.2, 0) is 61.9 Å². The van der Waals surface area contributed by atoms with E-state index in [-0.39, 0.29) is 17.9 Å². The van der Waals surface area contributed by atoms with Crippen molar-refractivity contribution in [3.63, 3.8) is 0 Å². The molecule has 0 saturated carbocycles. The smallest absolute Gasteiger partial charge is 0.333 e. The zero-order chi connectivity index (χ0) is 35.6. The van der Waals surface area contributed by atoms with Crippen molar-refractivity contribution in [2.24, 2.45) is 11.8 Å². The summed E-state index contributed by atoms with van der Waals surface area (Å²) in [5.74, 6) is -6.85. The first-order chi connectivity index (χ1) is 22.0. The Morgan fingerprint density at radius 3 is 2.04 bits per heavy atom. The maximum atomic E-state index is 12.8. The van der Waals surface area contributed by atoms with Crippen LogP contribution in [0.25, 0.3) is 0 Å². The number of hydrogen-bond donors (Lipinski definition) is 3. The minimum absolute atomic E-state index is 0.0341. The van der Waals surface area contributed by atoms with E-state index in [0.29, 0.717) is 6.42 Å². The molecule has 0 amide bonds. The number of ether oxygens (including phenoxy) is 8. The minimum atomic E-state index is -2.45. The van der Waals surface area contributed by atoms with Gasteiger partial charge in [0.1, 0.15) is 44.2 Å². The Bertz CT molecular complexity index is 1140. The highest BCUT2D eigenvalue weighted by atomic mass is 16.8. The van der Waals surface area contributed by atoms with E-state index in [0.717, 1.165) is 13.8 Å². The van der Waals surface area contributed by atoms with E-state index in [1.165, 1.54) is 13.0 Å².